The van der Waals surface area contributed by atoms with Gasteiger partial charge >= 0.3 is 0 Å². The van der Waals surface area contributed by atoms with E-state index in [1.807, 2.05) is 31.2 Å². The fourth-order valence-corrected chi connectivity index (χ4v) is 2.72. The van der Waals surface area contributed by atoms with Crippen LogP contribution in [0.1, 0.15) is 24.2 Å². The highest BCUT2D eigenvalue weighted by Crippen LogP contribution is 2.49. The highest BCUT2D eigenvalue weighted by atomic mass is 16.6. The lowest BCUT2D eigenvalue weighted by atomic mass is 9.80. The Balaban J connectivity index is 1.98. The molecular weight excluding hydrogens is 236 g/mol. The standard InChI is InChI=1S/C17H18O2/c1-2-19-17(15-11-7-4-8-12-15)13-18-16(17)14-9-5-3-6-10-14/h3-12,16H,2,13H2,1H3/t16-,17-/m1/s1. The van der Waals surface area contributed by atoms with Gasteiger partial charge in [-0.25, -0.2) is 0 Å². The van der Waals surface area contributed by atoms with Crippen LogP contribution in [0, 0.1) is 0 Å². The predicted molar refractivity (Wildman–Crippen MR) is 74.9 cm³/mol. The topological polar surface area (TPSA) is 18.5 Å². The molecule has 2 nitrogen and oxygen atoms in total. The Kier molecular flexibility index (Phi) is 3.36. The van der Waals surface area contributed by atoms with Crippen molar-refractivity contribution in [2.45, 2.75) is 18.6 Å². The molecule has 2 atom stereocenters. The molecular formula is C17H18O2. The van der Waals surface area contributed by atoms with Gasteiger partial charge in [0.25, 0.3) is 0 Å². The summed E-state index contributed by atoms with van der Waals surface area (Å²) in [4.78, 5) is 0. The number of ether oxygens (including phenoxy) is 2. The van der Waals surface area contributed by atoms with Crippen molar-refractivity contribution in [1.82, 2.24) is 0 Å². The van der Waals surface area contributed by atoms with Crippen molar-refractivity contribution >= 4 is 0 Å². The van der Waals surface area contributed by atoms with Gasteiger partial charge in [0.1, 0.15) is 11.7 Å². The molecule has 0 N–H and O–H groups in total. The molecule has 1 aliphatic rings. The van der Waals surface area contributed by atoms with E-state index < -0.39 is 0 Å². The molecule has 3 rings (SSSR count). The number of rotatable bonds is 4. The zero-order chi connectivity index (χ0) is 13.1. The van der Waals surface area contributed by atoms with Gasteiger partial charge in [0, 0.05) is 6.61 Å². The zero-order valence-electron chi connectivity index (χ0n) is 11.1. The molecule has 0 amide bonds. The first-order chi connectivity index (χ1) is 9.37. The summed E-state index contributed by atoms with van der Waals surface area (Å²) in [5.41, 5.74) is 2.03. The molecule has 0 aliphatic carbocycles. The molecule has 19 heavy (non-hydrogen) atoms. The van der Waals surface area contributed by atoms with E-state index in [2.05, 4.69) is 36.4 Å². The summed E-state index contributed by atoms with van der Waals surface area (Å²) in [6.07, 6.45) is -0.0175. The Morgan fingerprint density at radius 3 is 2.21 bits per heavy atom. The van der Waals surface area contributed by atoms with E-state index >= 15 is 0 Å². The molecule has 2 aromatic rings. The van der Waals surface area contributed by atoms with Crippen molar-refractivity contribution in [3.05, 3.63) is 71.8 Å². The van der Waals surface area contributed by atoms with Crippen LogP contribution in [0.25, 0.3) is 0 Å². The molecule has 0 bridgehead atoms. The highest BCUT2D eigenvalue weighted by molar-refractivity contribution is 5.32. The Hall–Kier alpha value is -1.64. The Morgan fingerprint density at radius 2 is 1.68 bits per heavy atom. The van der Waals surface area contributed by atoms with Crippen LogP contribution in [0.5, 0.6) is 0 Å². The van der Waals surface area contributed by atoms with Crippen LogP contribution < -0.4 is 0 Å². The lowest BCUT2D eigenvalue weighted by Crippen LogP contribution is -2.51. The summed E-state index contributed by atoms with van der Waals surface area (Å²) in [5, 5.41) is 0. The Bertz CT molecular complexity index is 523. The molecule has 2 aromatic carbocycles. The van der Waals surface area contributed by atoms with E-state index in [0.29, 0.717) is 13.2 Å². The van der Waals surface area contributed by atoms with Gasteiger partial charge in [0.05, 0.1) is 6.61 Å². The third kappa shape index (κ3) is 2.07. The molecule has 98 valence electrons. The maximum atomic E-state index is 6.09. The average molecular weight is 254 g/mol. The van der Waals surface area contributed by atoms with Gasteiger partial charge < -0.3 is 9.47 Å². The van der Waals surface area contributed by atoms with Crippen LogP contribution in [0.15, 0.2) is 60.7 Å². The maximum Gasteiger partial charge on any atom is 0.146 e. The van der Waals surface area contributed by atoms with E-state index in [1.54, 1.807) is 0 Å². The van der Waals surface area contributed by atoms with Crippen LogP contribution >= 0.6 is 0 Å². The second-order valence-corrected chi connectivity index (χ2v) is 4.79. The smallest absolute Gasteiger partial charge is 0.146 e. The second-order valence-electron chi connectivity index (χ2n) is 4.79. The predicted octanol–water partition coefficient (Wildman–Crippen LogP) is 3.69. The van der Waals surface area contributed by atoms with E-state index in [4.69, 9.17) is 9.47 Å². The first-order valence-electron chi connectivity index (χ1n) is 6.73. The molecule has 1 aliphatic heterocycles. The highest BCUT2D eigenvalue weighted by Gasteiger charge is 2.51. The third-order valence-corrected chi connectivity index (χ3v) is 3.65. The molecule has 0 saturated carbocycles. The molecule has 1 saturated heterocycles. The molecule has 2 heteroatoms. The van der Waals surface area contributed by atoms with E-state index in [1.165, 1.54) is 11.1 Å². The lowest BCUT2D eigenvalue weighted by molar-refractivity contribution is -0.272. The van der Waals surface area contributed by atoms with Crippen molar-refractivity contribution in [2.24, 2.45) is 0 Å². The van der Waals surface area contributed by atoms with Crippen molar-refractivity contribution in [2.75, 3.05) is 13.2 Å². The minimum atomic E-state index is -0.336. The monoisotopic (exact) mass is 254 g/mol. The van der Waals surface area contributed by atoms with Crippen LogP contribution in [-0.2, 0) is 15.1 Å². The van der Waals surface area contributed by atoms with Gasteiger partial charge in [-0.15, -0.1) is 0 Å². The van der Waals surface area contributed by atoms with Crippen LogP contribution in [0.4, 0.5) is 0 Å². The van der Waals surface area contributed by atoms with E-state index in [9.17, 15) is 0 Å². The largest absolute Gasteiger partial charge is 0.367 e. The van der Waals surface area contributed by atoms with Crippen LogP contribution in [0.2, 0.25) is 0 Å². The quantitative estimate of drug-likeness (QED) is 0.828. The van der Waals surface area contributed by atoms with Gasteiger partial charge in [0.15, 0.2) is 0 Å². The minimum Gasteiger partial charge on any atom is -0.367 e. The van der Waals surface area contributed by atoms with Gasteiger partial charge in [0.2, 0.25) is 0 Å². The molecule has 1 heterocycles. The van der Waals surface area contributed by atoms with Crippen molar-refractivity contribution in [3.8, 4) is 0 Å². The van der Waals surface area contributed by atoms with Gasteiger partial charge in [-0.05, 0) is 18.1 Å². The van der Waals surface area contributed by atoms with Crippen LogP contribution in [0.3, 0.4) is 0 Å². The molecule has 0 radical (unpaired) electrons. The van der Waals surface area contributed by atoms with Crippen molar-refractivity contribution in [3.63, 3.8) is 0 Å². The maximum absolute atomic E-state index is 6.09. The summed E-state index contributed by atoms with van der Waals surface area (Å²) in [5.74, 6) is 0. The fourth-order valence-electron chi connectivity index (χ4n) is 2.72. The van der Waals surface area contributed by atoms with Gasteiger partial charge in [-0.2, -0.15) is 0 Å². The summed E-state index contributed by atoms with van der Waals surface area (Å²) < 4.78 is 11.9. The molecule has 0 aromatic heterocycles. The number of hydrogen-bond donors (Lipinski definition) is 0. The van der Waals surface area contributed by atoms with Crippen molar-refractivity contribution in [1.29, 1.82) is 0 Å². The normalized spacial score (nSPS) is 25.8. The summed E-state index contributed by atoms with van der Waals surface area (Å²) in [6.45, 7) is 3.33. The van der Waals surface area contributed by atoms with Crippen LogP contribution in [-0.4, -0.2) is 13.2 Å². The SMILES string of the molecule is CCO[C@@]1(c2ccccc2)CO[C@@H]1c1ccccc1. The molecule has 0 spiro atoms. The minimum absolute atomic E-state index is 0.0175. The van der Waals surface area contributed by atoms with E-state index in [-0.39, 0.29) is 11.7 Å². The fraction of sp³-hybridized carbons (Fsp3) is 0.294. The second kappa shape index (κ2) is 5.16. The van der Waals surface area contributed by atoms with E-state index in [0.717, 1.165) is 0 Å². The summed E-state index contributed by atoms with van der Waals surface area (Å²) in [7, 11) is 0. The summed E-state index contributed by atoms with van der Waals surface area (Å²) >= 11 is 0. The van der Waals surface area contributed by atoms with Crippen molar-refractivity contribution < 1.29 is 9.47 Å². The first-order valence-corrected chi connectivity index (χ1v) is 6.73. The Morgan fingerprint density at radius 1 is 1.05 bits per heavy atom. The summed E-state index contributed by atoms with van der Waals surface area (Å²) in [6, 6.07) is 20.7. The molecule has 0 unspecified atom stereocenters. The zero-order valence-corrected chi connectivity index (χ0v) is 11.1. The first kappa shape index (κ1) is 12.4. The number of benzene rings is 2. The molecule has 1 fully saturated rings. The Labute approximate surface area is 114 Å². The van der Waals surface area contributed by atoms with Gasteiger partial charge in [-0.1, -0.05) is 60.7 Å². The average Bonchev–Trinajstić information content (AvgIpc) is 2.45. The third-order valence-electron chi connectivity index (χ3n) is 3.65. The van der Waals surface area contributed by atoms with Gasteiger partial charge in [-0.3, -0.25) is 0 Å². The number of hydrogen-bond acceptors (Lipinski definition) is 2. The lowest BCUT2D eigenvalue weighted by Gasteiger charge is -2.49.